The van der Waals surface area contributed by atoms with Gasteiger partial charge in [0.15, 0.2) is 0 Å². The summed E-state index contributed by atoms with van der Waals surface area (Å²) in [6.45, 7) is 10.2. The molecule has 150 valence electrons. The molecule has 1 fully saturated rings. The Kier molecular flexibility index (Phi) is 6.12. The van der Waals surface area contributed by atoms with Gasteiger partial charge in [-0.3, -0.25) is 4.79 Å². The van der Waals surface area contributed by atoms with E-state index in [0.717, 1.165) is 53.8 Å². The van der Waals surface area contributed by atoms with Gasteiger partial charge in [-0.2, -0.15) is 0 Å². The number of nitrogens with one attached hydrogen (secondary N) is 1. The maximum absolute atomic E-state index is 13.5. The predicted octanol–water partition coefficient (Wildman–Crippen LogP) is 6.24. The number of benzene rings is 2. The Bertz CT molecular complexity index is 807. The van der Waals surface area contributed by atoms with Crippen molar-refractivity contribution in [3.05, 3.63) is 58.7 Å². The first kappa shape index (κ1) is 20.4. The first-order valence-electron chi connectivity index (χ1n) is 10.5. The van der Waals surface area contributed by atoms with Gasteiger partial charge in [0.1, 0.15) is 5.75 Å². The summed E-state index contributed by atoms with van der Waals surface area (Å²) >= 11 is 0. The summed E-state index contributed by atoms with van der Waals surface area (Å²) in [5, 5.41) is 3.23. The van der Waals surface area contributed by atoms with Gasteiger partial charge in [-0.1, -0.05) is 49.1 Å². The largest absolute Gasteiger partial charge is 0.490 e. The van der Waals surface area contributed by atoms with Crippen LogP contribution >= 0.6 is 0 Å². The van der Waals surface area contributed by atoms with E-state index in [1.807, 2.05) is 39.8 Å². The Labute approximate surface area is 169 Å². The number of hydrogen-bond acceptors (Lipinski definition) is 2. The van der Waals surface area contributed by atoms with Gasteiger partial charge >= 0.3 is 0 Å². The van der Waals surface area contributed by atoms with E-state index in [0.29, 0.717) is 0 Å². The molecule has 0 unspecified atom stereocenters. The molecule has 0 heterocycles. The van der Waals surface area contributed by atoms with Crippen molar-refractivity contribution in [1.82, 2.24) is 0 Å². The van der Waals surface area contributed by atoms with E-state index in [1.165, 1.54) is 12.0 Å². The molecule has 0 aliphatic heterocycles. The van der Waals surface area contributed by atoms with Crippen LogP contribution in [0, 0.1) is 20.8 Å². The second-order valence-electron chi connectivity index (χ2n) is 8.57. The fraction of sp³-hybridized carbons (Fsp3) is 0.480. The van der Waals surface area contributed by atoms with Crippen molar-refractivity contribution in [1.29, 1.82) is 0 Å². The average Bonchev–Trinajstić information content (AvgIpc) is 2.65. The maximum Gasteiger partial charge on any atom is 0.235 e. The van der Waals surface area contributed by atoms with E-state index in [-0.39, 0.29) is 12.0 Å². The van der Waals surface area contributed by atoms with Crippen molar-refractivity contribution >= 4 is 11.6 Å². The van der Waals surface area contributed by atoms with Gasteiger partial charge in [0, 0.05) is 5.69 Å². The lowest BCUT2D eigenvalue weighted by atomic mass is 9.68. The van der Waals surface area contributed by atoms with Gasteiger partial charge in [-0.15, -0.1) is 0 Å². The first-order valence-corrected chi connectivity index (χ1v) is 10.5. The molecule has 1 N–H and O–H groups in total. The molecule has 3 rings (SSSR count). The number of carbonyl (C=O) groups excluding carboxylic acids is 1. The van der Waals surface area contributed by atoms with Crippen LogP contribution in [-0.2, 0) is 10.2 Å². The summed E-state index contributed by atoms with van der Waals surface area (Å²) in [7, 11) is 0. The van der Waals surface area contributed by atoms with Crippen molar-refractivity contribution in [3.8, 4) is 5.75 Å². The lowest BCUT2D eigenvalue weighted by molar-refractivity contribution is -0.122. The van der Waals surface area contributed by atoms with Crippen LogP contribution in [0.2, 0.25) is 0 Å². The smallest absolute Gasteiger partial charge is 0.235 e. The molecule has 0 bridgehead atoms. The van der Waals surface area contributed by atoms with Gasteiger partial charge in [0.2, 0.25) is 5.91 Å². The zero-order valence-electron chi connectivity index (χ0n) is 17.9. The molecule has 28 heavy (non-hydrogen) atoms. The zero-order chi connectivity index (χ0) is 20.3. The summed E-state index contributed by atoms with van der Waals surface area (Å²) in [6, 6.07) is 12.5. The highest BCUT2D eigenvalue weighted by Crippen LogP contribution is 2.41. The average molecular weight is 380 g/mol. The maximum atomic E-state index is 13.5. The second-order valence-corrected chi connectivity index (χ2v) is 8.57. The Balaban J connectivity index is 1.89. The zero-order valence-corrected chi connectivity index (χ0v) is 17.9. The molecule has 0 saturated heterocycles. The van der Waals surface area contributed by atoms with Gasteiger partial charge in [-0.25, -0.2) is 0 Å². The van der Waals surface area contributed by atoms with Crippen LogP contribution in [0.25, 0.3) is 0 Å². The minimum atomic E-state index is -0.430. The summed E-state index contributed by atoms with van der Waals surface area (Å²) in [6.07, 6.45) is 5.36. The molecular formula is C25H33NO2. The second kappa shape index (κ2) is 8.38. The quantitative estimate of drug-likeness (QED) is 0.668. The first-order chi connectivity index (χ1) is 13.3. The van der Waals surface area contributed by atoms with Gasteiger partial charge in [0.25, 0.3) is 0 Å². The number of ether oxygens (including phenoxy) is 1. The Morgan fingerprint density at radius 3 is 2.07 bits per heavy atom. The summed E-state index contributed by atoms with van der Waals surface area (Å²) in [5.74, 6) is 1.03. The van der Waals surface area contributed by atoms with Crippen molar-refractivity contribution in [2.75, 3.05) is 5.32 Å². The van der Waals surface area contributed by atoms with Gasteiger partial charge < -0.3 is 10.1 Å². The van der Waals surface area contributed by atoms with Crippen molar-refractivity contribution in [2.45, 2.75) is 78.2 Å². The Hall–Kier alpha value is -2.29. The van der Waals surface area contributed by atoms with Crippen LogP contribution in [0.3, 0.4) is 0 Å². The topological polar surface area (TPSA) is 38.3 Å². The molecule has 1 aliphatic carbocycles. The molecule has 0 spiro atoms. The van der Waals surface area contributed by atoms with Crippen LogP contribution in [0.4, 0.5) is 5.69 Å². The highest BCUT2D eigenvalue weighted by Gasteiger charge is 2.41. The number of carbonyl (C=O) groups is 1. The van der Waals surface area contributed by atoms with Crippen molar-refractivity contribution < 1.29 is 9.53 Å². The van der Waals surface area contributed by atoms with Crippen LogP contribution in [0.5, 0.6) is 5.75 Å². The van der Waals surface area contributed by atoms with E-state index >= 15 is 0 Å². The number of aryl methyl sites for hydroxylation is 3. The molecule has 1 amide bonds. The van der Waals surface area contributed by atoms with E-state index in [2.05, 4.69) is 36.5 Å². The lowest BCUT2D eigenvalue weighted by Gasteiger charge is -2.36. The highest BCUT2D eigenvalue weighted by molar-refractivity contribution is 5.99. The fourth-order valence-corrected chi connectivity index (χ4v) is 4.37. The molecule has 1 saturated carbocycles. The molecule has 2 aromatic rings. The molecule has 1 aliphatic rings. The van der Waals surface area contributed by atoms with E-state index in [4.69, 9.17) is 4.74 Å². The third-order valence-corrected chi connectivity index (χ3v) is 5.82. The van der Waals surface area contributed by atoms with E-state index in [1.54, 1.807) is 0 Å². The Morgan fingerprint density at radius 2 is 1.54 bits per heavy atom. The lowest BCUT2D eigenvalue weighted by Crippen LogP contribution is -2.42. The predicted molar refractivity (Wildman–Crippen MR) is 116 cm³/mol. The third-order valence-electron chi connectivity index (χ3n) is 5.82. The molecular weight excluding hydrogens is 346 g/mol. The minimum Gasteiger partial charge on any atom is -0.490 e. The van der Waals surface area contributed by atoms with Crippen LogP contribution < -0.4 is 10.1 Å². The number of hydrogen-bond donors (Lipinski definition) is 1. The van der Waals surface area contributed by atoms with Crippen LogP contribution in [0.15, 0.2) is 36.4 Å². The summed E-state index contributed by atoms with van der Waals surface area (Å²) in [5.41, 5.74) is 4.90. The normalized spacial score (nSPS) is 16.1. The number of amides is 1. The van der Waals surface area contributed by atoms with E-state index < -0.39 is 5.41 Å². The third kappa shape index (κ3) is 4.24. The van der Waals surface area contributed by atoms with Crippen molar-refractivity contribution in [2.24, 2.45) is 0 Å². The standard InChI is InChI=1S/C25H33NO2/c1-17(2)28-23-19(4)15-22(16-20(23)5)26-24(27)25(13-7-6-8-14-25)21-11-9-18(3)10-12-21/h9-12,15-17H,6-8,13-14H2,1-5H3,(H,26,27). The molecule has 3 nitrogen and oxygen atoms in total. The van der Waals surface area contributed by atoms with Crippen LogP contribution in [-0.4, -0.2) is 12.0 Å². The number of rotatable bonds is 5. The van der Waals surface area contributed by atoms with Gasteiger partial charge in [-0.05, 0) is 76.3 Å². The van der Waals surface area contributed by atoms with Crippen LogP contribution in [0.1, 0.15) is 68.2 Å². The van der Waals surface area contributed by atoms with Gasteiger partial charge in [0.05, 0.1) is 11.5 Å². The number of anilines is 1. The molecule has 0 aromatic heterocycles. The molecule has 0 radical (unpaired) electrons. The molecule has 0 atom stereocenters. The highest BCUT2D eigenvalue weighted by atomic mass is 16.5. The Morgan fingerprint density at radius 1 is 0.964 bits per heavy atom. The SMILES string of the molecule is Cc1ccc(C2(C(=O)Nc3cc(C)c(OC(C)C)c(C)c3)CCCCC2)cc1. The fourth-order valence-electron chi connectivity index (χ4n) is 4.37. The summed E-state index contributed by atoms with van der Waals surface area (Å²) in [4.78, 5) is 13.5. The molecule has 2 aromatic carbocycles. The summed E-state index contributed by atoms with van der Waals surface area (Å²) < 4.78 is 5.94. The van der Waals surface area contributed by atoms with E-state index in [9.17, 15) is 4.79 Å². The minimum absolute atomic E-state index is 0.118. The monoisotopic (exact) mass is 379 g/mol. The van der Waals surface area contributed by atoms with Crippen molar-refractivity contribution in [3.63, 3.8) is 0 Å². The molecule has 3 heteroatoms.